The molecule has 0 saturated heterocycles. The first-order valence-electron chi connectivity index (χ1n) is 10.8. The van der Waals surface area contributed by atoms with Gasteiger partial charge in [0.2, 0.25) is 4.80 Å². The van der Waals surface area contributed by atoms with E-state index in [0.29, 0.717) is 0 Å². The van der Waals surface area contributed by atoms with Crippen LogP contribution in [0.2, 0.25) is 0 Å². The third kappa shape index (κ3) is 5.59. The molecule has 0 atom stereocenters. The van der Waals surface area contributed by atoms with E-state index in [9.17, 15) is 10.1 Å². The summed E-state index contributed by atoms with van der Waals surface area (Å²) in [5.41, 5.74) is 4.83. The highest BCUT2D eigenvalue weighted by Crippen LogP contribution is 2.25. The van der Waals surface area contributed by atoms with Crippen LogP contribution in [-0.2, 0) is 5.41 Å². The van der Waals surface area contributed by atoms with E-state index < -0.39 is 0 Å². The molecule has 7 heteroatoms. The molecule has 0 aliphatic carbocycles. The van der Waals surface area contributed by atoms with Crippen LogP contribution >= 0.6 is 11.3 Å². The second kappa shape index (κ2) is 10.0. The molecule has 0 unspecified atom stereocenters. The SMILES string of the molecule is CCCCN=c1scc(-c2cccc([N+](=O)[O-])c2)n1N=C(C)c1ccc(C(C)(C)C)cc1. The minimum atomic E-state index is -0.377. The molecule has 0 saturated carbocycles. The van der Waals surface area contributed by atoms with E-state index in [4.69, 9.17) is 10.1 Å². The number of aromatic nitrogens is 1. The van der Waals surface area contributed by atoms with Crippen molar-refractivity contribution in [2.45, 2.75) is 52.9 Å². The molecular weight excluding hydrogens is 420 g/mol. The van der Waals surface area contributed by atoms with E-state index in [-0.39, 0.29) is 16.0 Å². The number of nitro groups is 1. The molecule has 6 nitrogen and oxygen atoms in total. The first kappa shape index (κ1) is 23.6. The molecule has 0 aliphatic rings. The van der Waals surface area contributed by atoms with Gasteiger partial charge < -0.3 is 0 Å². The van der Waals surface area contributed by atoms with Crippen LogP contribution < -0.4 is 4.80 Å². The molecule has 32 heavy (non-hydrogen) atoms. The monoisotopic (exact) mass is 450 g/mol. The van der Waals surface area contributed by atoms with Crippen molar-refractivity contribution in [1.82, 2.24) is 4.68 Å². The first-order valence-corrected chi connectivity index (χ1v) is 11.7. The van der Waals surface area contributed by atoms with Crippen LogP contribution in [0.5, 0.6) is 0 Å². The minimum Gasteiger partial charge on any atom is -0.258 e. The third-order valence-corrected chi connectivity index (χ3v) is 6.07. The van der Waals surface area contributed by atoms with E-state index in [1.54, 1.807) is 12.1 Å². The topological polar surface area (TPSA) is 72.8 Å². The summed E-state index contributed by atoms with van der Waals surface area (Å²) < 4.78 is 1.81. The number of benzene rings is 2. The predicted octanol–water partition coefficient (Wildman–Crippen LogP) is 6.40. The molecule has 0 aliphatic heterocycles. The molecule has 0 spiro atoms. The van der Waals surface area contributed by atoms with Crippen LogP contribution in [0, 0.1) is 10.1 Å². The Morgan fingerprint density at radius 3 is 2.50 bits per heavy atom. The van der Waals surface area contributed by atoms with Gasteiger partial charge in [-0.25, -0.2) is 4.68 Å². The highest BCUT2D eigenvalue weighted by molar-refractivity contribution is 7.07. The van der Waals surface area contributed by atoms with Crippen LogP contribution in [-0.4, -0.2) is 21.9 Å². The smallest absolute Gasteiger partial charge is 0.258 e. The maximum atomic E-state index is 11.3. The first-order chi connectivity index (χ1) is 15.2. The van der Waals surface area contributed by atoms with Crippen LogP contribution in [0.25, 0.3) is 11.3 Å². The summed E-state index contributed by atoms with van der Waals surface area (Å²) in [7, 11) is 0. The summed E-state index contributed by atoms with van der Waals surface area (Å²) in [5, 5.41) is 18.1. The van der Waals surface area contributed by atoms with Gasteiger partial charge >= 0.3 is 0 Å². The lowest BCUT2D eigenvalue weighted by Gasteiger charge is -2.19. The van der Waals surface area contributed by atoms with Gasteiger partial charge in [-0.15, -0.1) is 11.3 Å². The van der Waals surface area contributed by atoms with Crippen LogP contribution in [0.3, 0.4) is 0 Å². The van der Waals surface area contributed by atoms with Gasteiger partial charge in [-0.05, 0) is 29.9 Å². The Kier molecular flexibility index (Phi) is 7.40. The van der Waals surface area contributed by atoms with Crippen molar-refractivity contribution in [2.75, 3.05) is 6.54 Å². The van der Waals surface area contributed by atoms with Crippen molar-refractivity contribution in [3.63, 3.8) is 0 Å². The Bertz CT molecular complexity index is 1180. The maximum Gasteiger partial charge on any atom is 0.270 e. The Labute approximate surface area is 193 Å². The molecule has 1 aromatic heterocycles. The van der Waals surface area contributed by atoms with Gasteiger partial charge in [0.1, 0.15) is 0 Å². The second-order valence-electron chi connectivity index (χ2n) is 8.77. The maximum absolute atomic E-state index is 11.3. The van der Waals surface area contributed by atoms with Gasteiger partial charge in [-0.1, -0.05) is 70.5 Å². The molecular formula is C25H30N4O2S. The molecule has 3 rings (SSSR count). The van der Waals surface area contributed by atoms with Crippen molar-refractivity contribution < 1.29 is 4.92 Å². The van der Waals surface area contributed by atoms with E-state index >= 15 is 0 Å². The standard InChI is InChI=1S/C25H30N4O2S/c1-6-7-15-26-24-28(23(17-32-24)20-9-8-10-22(16-20)29(30)31)27-18(2)19-11-13-21(14-12-19)25(3,4)5/h8-14,16-17H,6-7,15H2,1-5H3. The molecule has 0 amide bonds. The number of nitrogens with zero attached hydrogens (tertiary/aromatic N) is 4. The van der Waals surface area contributed by atoms with Crippen molar-refractivity contribution in [1.29, 1.82) is 0 Å². The highest BCUT2D eigenvalue weighted by atomic mass is 32.1. The fraction of sp³-hybridized carbons (Fsp3) is 0.360. The van der Waals surface area contributed by atoms with Gasteiger partial charge in [0.05, 0.1) is 16.3 Å². The number of thiazole rings is 1. The highest BCUT2D eigenvalue weighted by Gasteiger charge is 2.15. The molecule has 0 bridgehead atoms. The second-order valence-corrected chi connectivity index (χ2v) is 9.61. The lowest BCUT2D eigenvalue weighted by molar-refractivity contribution is -0.384. The zero-order valence-electron chi connectivity index (χ0n) is 19.3. The number of rotatable bonds is 7. The number of non-ortho nitro benzene ring substituents is 1. The van der Waals surface area contributed by atoms with Gasteiger partial charge in [0.15, 0.2) is 0 Å². The Hall–Kier alpha value is -3.06. The molecule has 0 fully saturated rings. The third-order valence-electron chi connectivity index (χ3n) is 5.22. The van der Waals surface area contributed by atoms with Crippen molar-refractivity contribution >= 4 is 22.7 Å². The molecule has 168 valence electrons. The van der Waals surface area contributed by atoms with Gasteiger partial charge in [-0.2, -0.15) is 5.10 Å². The molecule has 2 aromatic carbocycles. The lowest BCUT2D eigenvalue weighted by atomic mass is 9.86. The van der Waals surface area contributed by atoms with E-state index in [2.05, 4.69) is 52.0 Å². The summed E-state index contributed by atoms with van der Waals surface area (Å²) in [6.45, 7) is 11.4. The normalized spacial score (nSPS) is 12.9. The van der Waals surface area contributed by atoms with Crippen molar-refractivity contribution in [2.24, 2.45) is 10.1 Å². The number of unbranched alkanes of at least 4 members (excludes halogenated alkanes) is 1. The Morgan fingerprint density at radius 1 is 1.16 bits per heavy atom. The van der Waals surface area contributed by atoms with E-state index in [1.165, 1.54) is 23.0 Å². The van der Waals surface area contributed by atoms with Crippen LogP contribution in [0.15, 0.2) is 64.0 Å². The quantitative estimate of drug-likeness (QED) is 0.181. The van der Waals surface area contributed by atoms with E-state index in [0.717, 1.165) is 46.7 Å². The van der Waals surface area contributed by atoms with E-state index in [1.807, 2.05) is 23.0 Å². The number of nitro benzene ring substituents is 1. The summed E-state index contributed by atoms with van der Waals surface area (Å²) in [4.78, 5) is 16.4. The van der Waals surface area contributed by atoms with Crippen molar-refractivity contribution in [3.05, 3.63) is 80.0 Å². The average molecular weight is 451 g/mol. The largest absolute Gasteiger partial charge is 0.270 e. The fourth-order valence-electron chi connectivity index (χ4n) is 3.23. The summed E-state index contributed by atoms with van der Waals surface area (Å²) in [5.74, 6) is 0. The zero-order chi connectivity index (χ0) is 23.3. The predicted molar refractivity (Wildman–Crippen MR) is 132 cm³/mol. The van der Waals surface area contributed by atoms with Gasteiger partial charge in [0.25, 0.3) is 5.69 Å². The summed E-state index contributed by atoms with van der Waals surface area (Å²) >= 11 is 1.50. The molecule has 1 heterocycles. The minimum absolute atomic E-state index is 0.0585. The molecule has 0 radical (unpaired) electrons. The van der Waals surface area contributed by atoms with Gasteiger partial charge in [-0.3, -0.25) is 15.1 Å². The zero-order valence-corrected chi connectivity index (χ0v) is 20.1. The average Bonchev–Trinajstić information content (AvgIpc) is 3.16. The van der Waals surface area contributed by atoms with Crippen LogP contribution in [0.4, 0.5) is 5.69 Å². The van der Waals surface area contributed by atoms with Crippen LogP contribution in [0.1, 0.15) is 58.6 Å². The summed E-state index contributed by atoms with van der Waals surface area (Å²) in [6.07, 6.45) is 2.07. The summed E-state index contributed by atoms with van der Waals surface area (Å²) in [6, 6.07) is 15.1. The Balaban J connectivity index is 2.08. The van der Waals surface area contributed by atoms with Gasteiger partial charge in [0, 0.05) is 29.6 Å². The van der Waals surface area contributed by atoms with Crippen molar-refractivity contribution in [3.8, 4) is 11.3 Å². The number of hydrogen-bond acceptors (Lipinski definition) is 5. The fourth-order valence-corrected chi connectivity index (χ4v) is 4.09. The molecule has 3 aromatic rings. The molecule has 0 N–H and O–H groups in total. The Morgan fingerprint density at radius 2 is 1.88 bits per heavy atom. The number of hydrogen-bond donors (Lipinski definition) is 0. The lowest BCUT2D eigenvalue weighted by Crippen LogP contribution is -2.15.